The lowest BCUT2D eigenvalue weighted by molar-refractivity contribution is -0.173. The minimum absolute atomic E-state index is 0.0350. The average molecular weight is 855 g/mol. The van der Waals surface area contributed by atoms with E-state index in [1.54, 1.807) is 5.32 Å². The van der Waals surface area contributed by atoms with Gasteiger partial charge in [0.25, 0.3) is 0 Å². The summed E-state index contributed by atoms with van der Waals surface area (Å²) in [6.07, 6.45) is -0.811. The Kier molecular flexibility index (Phi) is 29.6. The Morgan fingerprint density at radius 2 is 1.00 bits per heavy atom. The molecule has 0 aromatic carbocycles. The molecule has 10 N–H and O–H groups in total. The molecular weight excluding hydrogens is 801 g/mol. The third kappa shape index (κ3) is 28.8. The molecule has 0 heterocycles. The largest absolute Gasteiger partial charge is 0.481 e. The fourth-order valence-corrected chi connectivity index (χ4v) is 4.23. The van der Waals surface area contributed by atoms with Crippen LogP contribution in [0.2, 0.25) is 0 Å². The van der Waals surface area contributed by atoms with E-state index in [9.17, 15) is 56.3 Å². The number of carboxylic acids is 3. The highest BCUT2D eigenvalue weighted by molar-refractivity contribution is 5.88. The number of alkyl halides is 3. The summed E-state index contributed by atoms with van der Waals surface area (Å²) in [5, 5.41) is 36.9. The highest BCUT2D eigenvalue weighted by Crippen LogP contribution is 2.14. The minimum atomic E-state index is -5.01. The van der Waals surface area contributed by atoms with Crippen LogP contribution in [0, 0.1) is 0 Å². The van der Waals surface area contributed by atoms with Gasteiger partial charge in [-0.1, -0.05) is 38.0 Å². The quantitative estimate of drug-likeness (QED) is 0.0220. The van der Waals surface area contributed by atoms with Gasteiger partial charge >= 0.3 is 60.0 Å². The first-order valence-electron chi connectivity index (χ1n) is 17.9. The number of carboxylic acid groups (broad SMARTS) is 3. The van der Waals surface area contributed by atoms with Crippen molar-refractivity contribution < 1.29 is 85.9 Å². The van der Waals surface area contributed by atoms with E-state index >= 15 is 0 Å². The van der Waals surface area contributed by atoms with E-state index in [2.05, 4.69) is 35.7 Å². The number of nitrogens with two attached hydrogens (primary N) is 1. The number of halogens is 3. The first-order chi connectivity index (χ1) is 27.7. The van der Waals surface area contributed by atoms with Crippen molar-refractivity contribution in [2.24, 2.45) is 5.73 Å². The van der Waals surface area contributed by atoms with Gasteiger partial charge in [0.05, 0.1) is 0 Å². The molecule has 0 radical (unpaired) electrons. The SMILES string of the molecule is C=CCOC(=O)CCC(NC(=O)NC(CCCCNC(=O)C(F)(F)F)C(=O)OCC=C)C(=O)OCC=C.NCCCCC(NC(=O)NC(CCC(=O)O)C(=O)O)C(=O)O. The zero-order valence-corrected chi connectivity index (χ0v) is 32.2. The summed E-state index contributed by atoms with van der Waals surface area (Å²) in [5.41, 5.74) is 5.29. The molecule has 59 heavy (non-hydrogen) atoms. The summed E-state index contributed by atoms with van der Waals surface area (Å²) in [5.74, 6) is -8.29. The second kappa shape index (κ2) is 31.8. The number of hydrogen-bond donors (Lipinski definition) is 9. The number of nitrogens with one attached hydrogen (secondary N) is 5. The van der Waals surface area contributed by atoms with Crippen LogP contribution >= 0.6 is 0 Å². The lowest BCUT2D eigenvalue weighted by Gasteiger charge is -2.21. The number of urea groups is 2. The Labute approximate surface area is 337 Å². The molecule has 24 heteroatoms. The summed E-state index contributed by atoms with van der Waals surface area (Å²) in [6, 6.07) is -7.03. The average Bonchev–Trinajstić information content (AvgIpc) is 3.16. The van der Waals surface area contributed by atoms with Crippen molar-refractivity contribution in [2.75, 3.05) is 32.9 Å². The monoisotopic (exact) mass is 854 g/mol. The normalized spacial score (nSPS) is 12.5. The highest BCUT2D eigenvalue weighted by Gasteiger charge is 2.38. The predicted molar refractivity (Wildman–Crippen MR) is 199 cm³/mol. The van der Waals surface area contributed by atoms with Crippen LogP contribution < -0.4 is 32.3 Å². The van der Waals surface area contributed by atoms with E-state index < -0.39 is 90.5 Å². The summed E-state index contributed by atoms with van der Waals surface area (Å²) in [7, 11) is 0. The number of carbonyl (C=O) groups excluding carboxylic acids is 6. The second-order valence-corrected chi connectivity index (χ2v) is 11.9. The predicted octanol–water partition coefficient (Wildman–Crippen LogP) is 1.03. The molecule has 0 saturated carbocycles. The summed E-state index contributed by atoms with van der Waals surface area (Å²) >= 11 is 0. The molecule has 0 aromatic heterocycles. The Morgan fingerprint density at radius 3 is 1.44 bits per heavy atom. The van der Waals surface area contributed by atoms with Gasteiger partial charge in [-0.05, 0) is 57.9 Å². The van der Waals surface area contributed by atoms with E-state index in [0.717, 1.165) is 0 Å². The molecule has 0 saturated heterocycles. The van der Waals surface area contributed by atoms with E-state index in [4.69, 9.17) is 35.3 Å². The van der Waals surface area contributed by atoms with Crippen molar-refractivity contribution in [3.63, 3.8) is 0 Å². The lowest BCUT2D eigenvalue weighted by Crippen LogP contribution is -2.52. The summed E-state index contributed by atoms with van der Waals surface area (Å²) < 4.78 is 51.4. The number of esters is 3. The van der Waals surface area contributed by atoms with Crippen LogP contribution in [0.3, 0.4) is 0 Å². The molecule has 0 rings (SSSR count). The van der Waals surface area contributed by atoms with Gasteiger partial charge in [-0.2, -0.15) is 13.2 Å². The van der Waals surface area contributed by atoms with E-state index in [1.807, 2.05) is 5.32 Å². The Morgan fingerprint density at radius 1 is 0.593 bits per heavy atom. The van der Waals surface area contributed by atoms with Crippen molar-refractivity contribution in [2.45, 2.75) is 94.6 Å². The van der Waals surface area contributed by atoms with Crippen LogP contribution in [-0.2, 0) is 47.8 Å². The van der Waals surface area contributed by atoms with Crippen molar-refractivity contribution in [3.8, 4) is 0 Å². The molecule has 0 aliphatic carbocycles. The zero-order chi connectivity index (χ0) is 45.4. The second-order valence-electron chi connectivity index (χ2n) is 11.9. The van der Waals surface area contributed by atoms with Gasteiger partial charge in [0.1, 0.15) is 44.0 Å². The van der Waals surface area contributed by atoms with Crippen molar-refractivity contribution in [1.82, 2.24) is 26.6 Å². The number of amides is 5. The third-order valence-corrected chi connectivity index (χ3v) is 7.13. The number of rotatable bonds is 29. The molecule has 0 aliphatic rings. The Bertz CT molecular complexity index is 1430. The van der Waals surface area contributed by atoms with E-state index in [-0.39, 0.29) is 71.3 Å². The number of unbranched alkanes of at least 4 members (excludes halogenated alkanes) is 2. The summed E-state index contributed by atoms with van der Waals surface area (Å²) in [4.78, 5) is 104. The number of aliphatic carboxylic acids is 3. The van der Waals surface area contributed by atoms with Gasteiger partial charge < -0.3 is 61.8 Å². The maximum atomic E-state index is 12.5. The zero-order valence-electron chi connectivity index (χ0n) is 32.2. The maximum absolute atomic E-state index is 12.5. The van der Waals surface area contributed by atoms with Crippen LogP contribution in [0.1, 0.15) is 64.2 Å². The van der Waals surface area contributed by atoms with Crippen LogP contribution in [-0.4, -0.2) is 132 Å². The molecule has 5 amide bonds. The molecule has 4 unspecified atom stereocenters. The van der Waals surface area contributed by atoms with Gasteiger partial charge in [0, 0.05) is 19.4 Å². The molecule has 334 valence electrons. The molecule has 0 aromatic rings. The van der Waals surface area contributed by atoms with Gasteiger partial charge in [0.15, 0.2) is 0 Å². The van der Waals surface area contributed by atoms with Crippen LogP contribution in [0.25, 0.3) is 0 Å². The Balaban J connectivity index is 0. The third-order valence-electron chi connectivity index (χ3n) is 7.13. The van der Waals surface area contributed by atoms with Crippen LogP contribution in [0.5, 0.6) is 0 Å². The van der Waals surface area contributed by atoms with Crippen molar-refractivity contribution in [3.05, 3.63) is 38.0 Å². The number of carbonyl (C=O) groups is 9. The Hall–Kier alpha value is -6.20. The van der Waals surface area contributed by atoms with Gasteiger partial charge in [-0.25, -0.2) is 28.8 Å². The van der Waals surface area contributed by atoms with Crippen molar-refractivity contribution >= 4 is 53.8 Å². The fourth-order valence-electron chi connectivity index (χ4n) is 4.23. The summed E-state index contributed by atoms with van der Waals surface area (Å²) in [6.45, 7) is 9.96. The molecule has 4 atom stereocenters. The first-order valence-corrected chi connectivity index (χ1v) is 17.9. The molecule has 21 nitrogen and oxygen atoms in total. The highest BCUT2D eigenvalue weighted by atomic mass is 19.4. The molecular formula is C35H53F3N6O15. The van der Waals surface area contributed by atoms with E-state index in [0.29, 0.717) is 19.4 Å². The maximum Gasteiger partial charge on any atom is 0.471 e. The van der Waals surface area contributed by atoms with Crippen LogP contribution in [0.15, 0.2) is 38.0 Å². The molecule has 0 aliphatic heterocycles. The first kappa shape index (κ1) is 54.9. The van der Waals surface area contributed by atoms with Crippen molar-refractivity contribution in [1.29, 1.82) is 0 Å². The molecule has 0 spiro atoms. The van der Waals surface area contributed by atoms with Crippen LogP contribution in [0.4, 0.5) is 22.8 Å². The lowest BCUT2D eigenvalue weighted by atomic mass is 10.1. The smallest absolute Gasteiger partial charge is 0.471 e. The van der Waals surface area contributed by atoms with E-state index in [1.165, 1.54) is 18.2 Å². The number of hydrogen-bond acceptors (Lipinski definition) is 13. The fraction of sp³-hybridized carbons (Fsp3) is 0.571. The van der Waals surface area contributed by atoms with Gasteiger partial charge in [-0.3, -0.25) is 14.4 Å². The minimum Gasteiger partial charge on any atom is -0.481 e. The number of ether oxygens (including phenoxy) is 3. The molecule has 0 bridgehead atoms. The topological polar surface area (TPSA) is 328 Å². The van der Waals surface area contributed by atoms with Gasteiger partial charge in [0.2, 0.25) is 0 Å². The molecule has 0 fully saturated rings. The standard InChI is InChI=1S/C23H32F3N3O8.C12H21N3O7/c1-4-13-35-18(30)11-10-17(20(32)37-15-6-3)29-22(34)28-16(19(31)36-14-5-2)9-7-8-12-27-21(33)23(24,25)26;13-6-2-1-3-7(10(18)19)14-12(22)15-8(11(20)21)4-5-9(16)17/h4-6,16-17H,1-3,7-15H2,(H,27,33)(H2,28,29,34);7-8H,1-6,13H2,(H,16,17)(H,18,19)(H,20,21)(H2,14,15,22). The van der Waals surface area contributed by atoms with Gasteiger partial charge in [-0.15, -0.1) is 0 Å².